The molecular formula is C20H24N2O6S. The van der Waals surface area contributed by atoms with Gasteiger partial charge in [0.25, 0.3) is 15.9 Å². The zero-order chi connectivity index (χ0) is 20.7. The first-order chi connectivity index (χ1) is 14.0. The van der Waals surface area contributed by atoms with Gasteiger partial charge in [-0.2, -0.15) is 0 Å². The lowest BCUT2D eigenvalue weighted by Crippen LogP contribution is -2.35. The van der Waals surface area contributed by atoms with Crippen LogP contribution in [0.5, 0.6) is 11.5 Å². The minimum absolute atomic E-state index is 0.0710. The van der Waals surface area contributed by atoms with Gasteiger partial charge in [0.15, 0.2) is 6.61 Å². The molecule has 1 aliphatic heterocycles. The highest BCUT2D eigenvalue weighted by Gasteiger charge is 2.17. The summed E-state index contributed by atoms with van der Waals surface area (Å²) in [6.45, 7) is 1.05. The van der Waals surface area contributed by atoms with Crippen molar-refractivity contribution in [2.45, 2.75) is 23.8 Å². The zero-order valence-electron chi connectivity index (χ0n) is 16.1. The molecule has 0 aromatic heterocycles. The second-order valence-corrected chi connectivity index (χ2v) is 8.22. The Morgan fingerprint density at radius 1 is 1.10 bits per heavy atom. The molecule has 29 heavy (non-hydrogen) atoms. The lowest BCUT2D eigenvalue weighted by atomic mass is 10.2. The van der Waals surface area contributed by atoms with Gasteiger partial charge in [0.2, 0.25) is 0 Å². The molecule has 0 aliphatic carbocycles. The first-order valence-electron chi connectivity index (χ1n) is 9.24. The maximum absolute atomic E-state index is 12.5. The van der Waals surface area contributed by atoms with Crippen LogP contribution in [-0.4, -0.2) is 47.3 Å². The SMILES string of the molecule is COc1ccc(NS(=O)(=O)c2ccc(OCC(=O)NCC3CCCO3)cc2)cc1. The summed E-state index contributed by atoms with van der Waals surface area (Å²) in [5, 5.41) is 2.76. The summed E-state index contributed by atoms with van der Waals surface area (Å²) in [6.07, 6.45) is 2.03. The molecule has 2 aromatic rings. The Morgan fingerprint density at radius 3 is 2.41 bits per heavy atom. The third kappa shape index (κ3) is 6.10. The van der Waals surface area contributed by atoms with Gasteiger partial charge in [-0.1, -0.05) is 0 Å². The van der Waals surface area contributed by atoms with Crippen molar-refractivity contribution in [2.24, 2.45) is 0 Å². The molecule has 2 N–H and O–H groups in total. The van der Waals surface area contributed by atoms with Crippen LogP contribution in [0.4, 0.5) is 5.69 Å². The minimum Gasteiger partial charge on any atom is -0.497 e. The van der Waals surface area contributed by atoms with Gasteiger partial charge in [0.05, 0.1) is 18.1 Å². The average Bonchev–Trinajstić information content (AvgIpc) is 3.25. The number of benzene rings is 2. The Hall–Kier alpha value is -2.78. The second-order valence-electron chi connectivity index (χ2n) is 6.53. The van der Waals surface area contributed by atoms with Crippen molar-refractivity contribution < 1.29 is 27.4 Å². The number of carbonyl (C=O) groups is 1. The van der Waals surface area contributed by atoms with Gasteiger partial charge in [-0.05, 0) is 61.4 Å². The van der Waals surface area contributed by atoms with Crippen molar-refractivity contribution >= 4 is 21.6 Å². The summed E-state index contributed by atoms with van der Waals surface area (Å²) in [7, 11) is -2.20. The van der Waals surface area contributed by atoms with E-state index in [0.29, 0.717) is 23.7 Å². The maximum atomic E-state index is 12.5. The maximum Gasteiger partial charge on any atom is 0.261 e. The van der Waals surface area contributed by atoms with Crippen LogP contribution in [0.25, 0.3) is 0 Å². The zero-order valence-corrected chi connectivity index (χ0v) is 16.9. The van der Waals surface area contributed by atoms with E-state index in [4.69, 9.17) is 14.2 Å². The third-order valence-corrected chi connectivity index (χ3v) is 5.79. The number of anilines is 1. The number of methoxy groups -OCH3 is 1. The predicted octanol–water partition coefficient (Wildman–Crippen LogP) is 2.17. The molecule has 1 atom stereocenters. The quantitative estimate of drug-likeness (QED) is 0.645. The van der Waals surface area contributed by atoms with Gasteiger partial charge < -0.3 is 19.5 Å². The molecule has 2 aromatic carbocycles. The molecule has 0 saturated carbocycles. The molecule has 1 saturated heterocycles. The van der Waals surface area contributed by atoms with Crippen molar-refractivity contribution in [1.82, 2.24) is 5.32 Å². The summed E-state index contributed by atoms with van der Waals surface area (Å²) >= 11 is 0. The molecule has 3 rings (SSSR count). The standard InChI is InChI=1S/C20H24N2O6S/c1-26-16-6-4-15(5-7-16)22-29(24,25)19-10-8-17(9-11-19)28-14-20(23)21-13-18-3-2-12-27-18/h4-11,18,22H,2-3,12-14H2,1H3,(H,21,23). The smallest absolute Gasteiger partial charge is 0.261 e. The van der Waals surface area contributed by atoms with Gasteiger partial charge in [0, 0.05) is 18.8 Å². The fourth-order valence-electron chi connectivity index (χ4n) is 2.82. The van der Waals surface area contributed by atoms with Gasteiger partial charge in [-0.25, -0.2) is 8.42 Å². The molecule has 9 heteroatoms. The lowest BCUT2D eigenvalue weighted by Gasteiger charge is -2.12. The molecule has 1 unspecified atom stereocenters. The molecule has 1 amide bonds. The topological polar surface area (TPSA) is 103 Å². The fraction of sp³-hybridized carbons (Fsp3) is 0.350. The molecule has 1 heterocycles. The summed E-state index contributed by atoms with van der Waals surface area (Å²) in [6, 6.07) is 12.4. The van der Waals surface area contributed by atoms with E-state index in [1.165, 1.54) is 31.4 Å². The van der Waals surface area contributed by atoms with E-state index in [-0.39, 0.29) is 23.5 Å². The molecule has 8 nitrogen and oxygen atoms in total. The highest BCUT2D eigenvalue weighted by molar-refractivity contribution is 7.92. The average molecular weight is 420 g/mol. The third-order valence-electron chi connectivity index (χ3n) is 4.40. The molecule has 0 radical (unpaired) electrons. The van der Waals surface area contributed by atoms with Crippen LogP contribution < -0.4 is 19.5 Å². The predicted molar refractivity (Wildman–Crippen MR) is 108 cm³/mol. The molecule has 156 valence electrons. The summed E-state index contributed by atoms with van der Waals surface area (Å²) in [5.41, 5.74) is 0.425. The molecule has 0 bridgehead atoms. The van der Waals surface area contributed by atoms with Crippen LogP contribution in [0.1, 0.15) is 12.8 Å². The first kappa shape index (κ1) is 20.9. The first-order valence-corrected chi connectivity index (χ1v) is 10.7. The van der Waals surface area contributed by atoms with Crippen LogP contribution in [0, 0.1) is 0 Å². The van der Waals surface area contributed by atoms with Gasteiger partial charge in [-0.15, -0.1) is 0 Å². The number of hydrogen-bond acceptors (Lipinski definition) is 6. The molecule has 0 spiro atoms. The number of ether oxygens (including phenoxy) is 3. The van der Waals surface area contributed by atoms with Crippen molar-refractivity contribution in [2.75, 3.05) is 31.6 Å². The van der Waals surface area contributed by atoms with Crippen molar-refractivity contribution in [3.63, 3.8) is 0 Å². The molecule has 1 fully saturated rings. The Balaban J connectivity index is 1.50. The number of hydrogen-bond donors (Lipinski definition) is 2. The summed E-state index contributed by atoms with van der Waals surface area (Å²) in [4.78, 5) is 11.9. The summed E-state index contributed by atoms with van der Waals surface area (Å²) in [5.74, 6) is 0.785. The van der Waals surface area contributed by atoms with Crippen LogP contribution >= 0.6 is 0 Å². The Bertz CT molecular complexity index is 907. The summed E-state index contributed by atoms with van der Waals surface area (Å²) < 4.78 is 43.4. The van der Waals surface area contributed by atoms with E-state index < -0.39 is 10.0 Å². The highest BCUT2D eigenvalue weighted by Crippen LogP contribution is 2.21. The van der Waals surface area contributed by atoms with Crippen molar-refractivity contribution in [3.8, 4) is 11.5 Å². The normalized spacial score (nSPS) is 16.2. The number of carbonyl (C=O) groups excluding carboxylic acids is 1. The van der Waals surface area contributed by atoms with Crippen LogP contribution in [0.15, 0.2) is 53.4 Å². The van der Waals surface area contributed by atoms with Crippen LogP contribution in [-0.2, 0) is 19.6 Å². The van der Waals surface area contributed by atoms with E-state index >= 15 is 0 Å². The Morgan fingerprint density at radius 2 is 1.79 bits per heavy atom. The fourth-order valence-corrected chi connectivity index (χ4v) is 3.88. The van der Waals surface area contributed by atoms with E-state index in [1.807, 2.05) is 0 Å². The monoisotopic (exact) mass is 420 g/mol. The van der Waals surface area contributed by atoms with Gasteiger partial charge >= 0.3 is 0 Å². The van der Waals surface area contributed by atoms with E-state index in [9.17, 15) is 13.2 Å². The largest absolute Gasteiger partial charge is 0.497 e. The number of nitrogens with one attached hydrogen (secondary N) is 2. The van der Waals surface area contributed by atoms with Gasteiger partial charge in [-0.3, -0.25) is 9.52 Å². The second kappa shape index (κ2) is 9.62. The van der Waals surface area contributed by atoms with E-state index in [1.54, 1.807) is 24.3 Å². The number of rotatable bonds is 9. The van der Waals surface area contributed by atoms with E-state index in [2.05, 4.69) is 10.0 Å². The lowest BCUT2D eigenvalue weighted by molar-refractivity contribution is -0.123. The van der Waals surface area contributed by atoms with Crippen molar-refractivity contribution in [3.05, 3.63) is 48.5 Å². The van der Waals surface area contributed by atoms with Crippen LogP contribution in [0.3, 0.4) is 0 Å². The molecule has 1 aliphatic rings. The Labute approximate surface area is 170 Å². The van der Waals surface area contributed by atoms with Crippen LogP contribution in [0.2, 0.25) is 0 Å². The number of sulfonamides is 1. The van der Waals surface area contributed by atoms with E-state index in [0.717, 1.165) is 19.4 Å². The highest BCUT2D eigenvalue weighted by atomic mass is 32.2. The number of amides is 1. The Kier molecular flexibility index (Phi) is 6.95. The molecular weight excluding hydrogens is 396 g/mol. The minimum atomic E-state index is -3.74. The van der Waals surface area contributed by atoms with Crippen molar-refractivity contribution in [1.29, 1.82) is 0 Å². The van der Waals surface area contributed by atoms with Gasteiger partial charge in [0.1, 0.15) is 11.5 Å².